The molecule has 0 aromatic heterocycles. The predicted octanol–water partition coefficient (Wildman–Crippen LogP) is 2.78. The number of hydrogen-bond donors (Lipinski definition) is 4. The van der Waals surface area contributed by atoms with Crippen molar-refractivity contribution >= 4 is 53.5 Å². The topological polar surface area (TPSA) is 177 Å². The summed E-state index contributed by atoms with van der Waals surface area (Å²) in [6.45, 7) is 3.73. The van der Waals surface area contributed by atoms with Gasteiger partial charge in [-0.15, -0.1) is 0 Å². The molecule has 2 atom stereocenters. The van der Waals surface area contributed by atoms with Crippen LogP contribution in [0.15, 0.2) is 48.5 Å². The molecule has 224 valence electrons. The van der Waals surface area contributed by atoms with Crippen LogP contribution in [0.25, 0.3) is 0 Å². The molecule has 0 aliphatic rings. The third-order valence-electron chi connectivity index (χ3n) is 6.13. The van der Waals surface area contributed by atoms with E-state index in [0.29, 0.717) is 25.7 Å². The number of ketones is 2. The summed E-state index contributed by atoms with van der Waals surface area (Å²) in [7, 11) is 0. The van der Waals surface area contributed by atoms with Crippen LogP contribution < -0.4 is 21.3 Å². The molecule has 4 N–H and O–H groups in total. The molecule has 0 saturated carbocycles. The molecule has 2 aromatic carbocycles. The van der Waals surface area contributed by atoms with Gasteiger partial charge in [0.25, 0.3) is 0 Å². The summed E-state index contributed by atoms with van der Waals surface area (Å²) >= 11 is 0. The van der Waals surface area contributed by atoms with Crippen LogP contribution in [0.4, 0.5) is 11.4 Å². The lowest BCUT2D eigenvalue weighted by molar-refractivity contribution is -0.148. The quantitative estimate of drug-likeness (QED) is 0.0848. The number of carbonyl (C=O) groups is 7. The summed E-state index contributed by atoms with van der Waals surface area (Å²) in [6.07, 6.45) is 1.69. The highest BCUT2D eigenvalue weighted by atomic mass is 16.5. The molecule has 2 unspecified atom stereocenters. The summed E-state index contributed by atoms with van der Waals surface area (Å²) < 4.78 is 5.28. The van der Waals surface area contributed by atoms with Gasteiger partial charge >= 0.3 is 5.97 Å². The highest BCUT2D eigenvalue weighted by Gasteiger charge is 2.32. The first-order valence-electron chi connectivity index (χ1n) is 13.7. The average Bonchev–Trinajstić information content (AvgIpc) is 2.97. The van der Waals surface area contributed by atoms with Crippen LogP contribution in [-0.2, 0) is 28.7 Å². The van der Waals surface area contributed by atoms with Crippen molar-refractivity contribution in [3.63, 3.8) is 0 Å². The van der Waals surface area contributed by atoms with E-state index in [-0.39, 0.29) is 35.5 Å². The third-order valence-corrected chi connectivity index (χ3v) is 6.13. The Kier molecular flexibility index (Phi) is 14.1. The minimum atomic E-state index is -1.45. The lowest BCUT2D eigenvalue weighted by atomic mass is 9.99. The number of esters is 1. The Morgan fingerprint density at radius 2 is 1.26 bits per heavy atom. The van der Waals surface area contributed by atoms with Crippen molar-refractivity contribution in [2.75, 3.05) is 17.2 Å². The number of Topliss-reactive ketones (excluding diaryl/α,β-unsaturated/α-hetero) is 2. The average molecular weight is 581 g/mol. The predicted molar refractivity (Wildman–Crippen MR) is 155 cm³/mol. The van der Waals surface area contributed by atoms with E-state index in [1.807, 2.05) is 6.92 Å². The largest absolute Gasteiger partial charge is 0.464 e. The zero-order valence-corrected chi connectivity index (χ0v) is 23.6. The van der Waals surface area contributed by atoms with Gasteiger partial charge in [0, 0.05) is 30.4 Å². The second-order valence-corrected chi connectivity index (χ2v) is 9.32. The van der Waals surface area contributed by atoms with Gasteiger partial charge in [-0.2, -0.15) is 0 Å². The lowest BCUT2D eigenvalue weighted by Crippen LogP contribution is -2.53. The summed E-state index contributed by atoms with van der Waals surface area (Å²) in [4.78, 5) is 87.3. The molecular weight excluding hydrogens is 544 g/mol. The smallest absolute Gasteiger partial charge is 0.329 e. The second-order valence-electron chi connectivity index (χ2n) is 9.32. The number of ether oxygens (including phenoxy) is 1. The Morgan fingerprint density at radius 1 is 0.738 bits per heavy atom. The number of para-hydroxylation sites is 2. The van der Waals surface area contributed by atoms with Gasteiger partial charge in [0.1, 0.15) is 12.1 Å². The van der Waals surface area contributed by atoms with Gasteiger partial charge in [-0.25, -0.2) is 4.79 Å². The number of rotatable bonds is 19. The fraction of sp³-hybridized carbons (Fsp3) is 0.367. The van der Waals surface area contributed by atoms with E-state index in [1.54, 1.807) is 31.2 Å². The Bertz CT molecular complexity index is 1280. The highest BCUT2D eigenvalue weighted by Crippen LogP contribution is 2.19. The van der Waals surface area contributed by atoms with Crippen molar-refractivity contribution in [2.24, 2.45) is 0 Å². The standard InChI is InChI=1S/C30H36N4O8/c1-3-5-15-42-30(41)25(17-27(38)21-12-7-9-14-23(21)32-19-36)34-29(40)24(33-28(39)10-4-2)16-26(37)20-11-6-8-13-22(20)31-18-35/h6-9,11-14,18-19,24-25H,3-5,10,15-17H2,1-2H3,(H,31,35)(H,32,36)(H,33,39)(H,34,40). The van der Waals surface area contributed by atoms with Gasteiger partial charge < -0.3 is 26.0 Å². The van der Waals surface area contributed by atoms with E-state index >= 15 is 0 Å². The number of unbranched alkanes of at least 4 members (excludes halogenated alkanes) is 1. The van der Waals surface area contributed by atoms with Crippen molar-refractivity contribution < 1.29 is 38.3 Å². The summed E-state index contributed by atoms with van der Waals surface area (Å²) in [5.74, 6) is -3.34. The lowest BCUT2D eigenvalue weighted by Gasteiger charge is -2.23. The van der Waals surface area contributed by atoms with Crippen LogP contribution in [0.5, 0.6) is 0 Å². The minimum absolute atomic E-state index is 0.0643. The van der Waals surface area contributed by atoms with Crippen molar-refractivity contribution in [1.82, 2.24) is 10.6 Å². The maximum atomic E-state index is 13.5. The summed E-state index contributed by atoms with van der Waals surface area (Å²) in [5, 5.41) is 9.86. The van der Waals surface area contributed by atoms with E-state index in [4.69, 9.17) is 4.74 Å². The molecule has 2 rings (SSSR count). The van der Waals surface area contributed by atoms with Crippen molar-refractivity contribution in [1.29, 1.82) is 0 Å². The maximum Gasteiger partial charge on any atom is 0.329 e. The number of hydrogen-bond acceptors (Lipinski definition) is 8. The second kappa shape index (κ2) is 17.7. The number of carbonyl (C=O) groups excluding carboxylic acids is 7. The molecule has 42 heavy (non-hydrogen) atoms. The Balaban J connectivity index is 2.34. The van der Waals surface area contributed by atoms with Crippen LogP contribution in [-0.4, -0.2) is 60.9 Å². The van der Waals surface area contributed by atoms with Crippen molar-refractivity contribution in [3.8, 4) is 0 Å². The third kappa shape index (κ3) is 10.3. The molecular formula is C30H36N4O8. The zero-order chi connectivity index (χ0) is 30.9. The molecule has 2 aromatic rings. The maximum absolute atomic E-state index is 13.5. The first kappa shape index (κ1) is 33.3. The summed E-state index contributed by atoms with van der Waals surface area (Å²) in [6, 6.07) is 9.50. The van der Waals surface area contributed by atoms with Gasteiger partial charge in [-0.05, 0) is 37.1 Å². The molecule has 12 nitrogen and oxygen atoms in total. The minimum Gasteiger partial charge on any atom is -0.464 e. The molecule has 4 amide bonds. The van der Waals surface area contributed by atoms with Gasteiger partial charge in [0.2, 0.25) is 24.6 Å². The van der Waals surface area contributed by atoms with Gasteiger partial charge in [0.05, 0.1) is 18.0 Å². The van der Waals surface area contributed by atoms with Crippen LogP contribution in [0, 0.1) is 0 Å². The van der Waals surface area contributed by atoms with Crippen LogP contribution in [0.2, 0.25) is 0 Å². The first-order chi connectivity index (χ1) is 20.2. The van der Waals surface area contributed by atoms with E-state index in [0.717, 1.165) is 6.42 Å². The van der Waals surface area contributed by atoms with Crippen LogP contribution >= 0.6 is 0 Å². The Morgan fingerprint density at radius 3 is 1.76 bits per heavy atom. The Hall–Kier alpha value is -4.87. The number of benzene rings is 2. The van der Waals surface area contributed by atoms with E-state index in [1.165, 1.54) is 24.3 Å². The molecule has 0 aliphatic heterocycles. The fourth-order valence-corrected chi connectivity index (χ4v) is 4.01. The molecule has 0 saturated heterocycles. The Labute approximate surface area is 244 Å². The molecule has 0 fully saturated rings. The van der Waals surface area contributed by atoms with E-state index < -0.39 is 54.3 Å². The van der Waals surface area contributed by atoms with Crippen LogP contribution in [0.3, 0.4) is 0 Å². The SMILES string of the molecule is CCCCOC(=O)C(CC(=O)c1ccccc1NC=O)NC(=O)C(CC(=O)c1ccccc1NC=O)NC(=O)CCC. The first-order valence-corrected chi connectivity index (χ1v) is 13.7. The normalized spacial score (nSPS) is 11.8. The molecule has 0 spiro atoms. The number of nitrogens with one attached hydrogen (secondary N) is 4. The fourth-order valence-electron chi connectivity index (χ4n) is 4.01. The van der Waals surface area contributed by atoms with Crippen molar-refractivity contribution in [2.45, 2.75) is 64.5 Å². The molecule has 0 aliphatic carbocycles. The highest BCUT2D eigenvalue weighted by molar-refractivity contribution is 6.07. The molecule has 0 bridgehead atoms. The number of anilines is 2. The van der Waals surface area contributed by atoms with Crippen molar-refractivity contribution in [3.05, 3.63) is 59.7 Å². The van der Waals surface area contributed by atoms with Crippen LogP contribution in [0.1, 0.15) is 73.1 Å². The van der Waals surface area contributed by atoms with E-state index in [9.17, 15) is 33.6 Å². The van der Waals surface area contributed by atoms with Gasteiger partial charge in [0.15, 0.2) is 11.6 Å². The zero-order valence-electron chi connectivity index (χ0n) is 23.6. The molecule has 12 heteroatoms. The van der Waals surface area contributed by atoms with Gasteiger partial charge in [-0.1, -0.05) is 44.5 Å². The summed E-state index contributed by atoms with van der Waals surface area (Å²) in [5.41, 5.74) is 0.687. The van der Waals surface area contributed by atoms with Gasteiger partial charge in [-0.3, -0.25) is 28.8 Å². The van der Waals surface area contributed by atoms with E-state index in [2.05, 4.69) is 21.3 Å². The number of amides is 4. The monoisotopic (exact) mass is 580 g/mol. The molecule has 0 radical (unpaired) electrons. The molecule has 0 heterocycles.